The van der Waals surface area contributed by atoms with Crippen LogP contribution in [0, 0.1) is 20.8 Å². The molecule has 0 atom stereocenters. The van der Waals surface area contributed by atoms with Crippen LogP contribution < -0.4 is 0 Å². The Kier molecular flexibility index (Phi) is 3.45. The van der Waals surface area contributed by atoms with Crippen LogP contribution in [0.25, 0.3) is 16.9 Å². The number of hydrogen-bond acceptors (Lipinski definition) is 2. The highest BCUT2D eigenvalue weighted by atomic mass is 16.4. The molecule has 0 bridgehead atoms. The van der Waals surface area contributed by atoms with E-state index in [9.17, 15) is 9.90 Å². The lowest BCUT2D eigenvalue weighted by molar-refractivity contribution is -0.136. The first-order valence-corrected chi connectivity index (χ1v) is 7.23. The molecular formula is C18H18N2O2. The molecule has 0 aliphatic rings. The summed E-state index contributed by atoms with van der Waals surface area (Å²) in [7, 11) is 0. The third-order valence-corrected chi connectivity index (χ3v) is 3.89. The van der Waals surface area contributed by atoms with Crippen LogP contribution in [-0.4, -0.2) is 20.5 Å². The van der Waals surface area contributed by atoms with E-state index in [1.165, 1.54) is 5.56 Å². The van der Waals surface area contributed by atoms with Crippen molar-refractivity contribution in [1.82, 2.24) is 9.38 Å². The minimum absolute atomic E-state index is 0.0470. The summed E-state index contributed by atoms with van der Waals surface area (Å²) in [5, 5.41) is 9.28. The van der Waals surface area contributed by atoms with Crippen molar-refractivity contribution in [3.8, 4) is 11.3 Å². The van der Waals surface area contributed by atoms with E-state index >= 15 is 0 Å². The molecule has 4 heteroatoms. The van der Waals surface area contributed by atoms with E-state index in [0.29, 0.717) is 0 Å². The molecule has 1 N–H and O–H groups in total. The lowest BCUT2D eigenvalue weighted by atomic mass is 10.0. The molecule has 2 heterocycles. The topological polar surface area (TPSA) is 54.6 Å². The van der Waals surface area contributed by atoms with Gasteiger partial charge in [-0.25, -0.2) is 4.98 Å². The molecule has 0 aliphatic heterocycles. The summed E-state index contributed by atoms with van der Waals surface area (Å²) >= 11 is 0. The Morgan fingerprint density at radius 1 is 1.18 bits per heavy atom. The van der Waals surface area contributed by atoms with Gasteiger partial charge in [0.05, 0.1) is 17.8 Å². The Bertz CT molecular complexity index is 878. The predicted molar refractivity (Wildman–Crippen MR) is 86.2 cm³/mol. The van der Waals surface area contributed by atoms with E-state index in [2.05, 4.69) is 11.1 Å². The molecule has 3 rings (SSSR count). The maximum atomic E-state index is 11.3. The Labute approximate surface area is 129 Å². The number of aryl methyl sites for hydroxylation is 3. The number of benzene rings is 1. The van der Waals surface area contributed by atoms with Gasteiger partial charge in [0.1, 0.15) is 5.65 Å². The summed E-state index contributed by atoms with van der Waals surface area (Å²) in [5.41, 5.74) is 6.53. The maximum absolute atomic E-state index is 11.3. The number of nitrogens with zero attached hydrogens (tertiary/aromatic N) is 2. The monoisotopic (exact) mass is 294 g/mol. The Hall–Kier alpha value is -2.62. The van der Waals surface area contributed by atoms with Crippen LogP contribution in [0.1, 0.15) is 22.5 Å². The number of aromatic nitrogens is 2. The van der Waals surface area contributed by atoms with E-state index in [1.807, 2.05) is 55.5 Å². The van der Waals surface area contributed by atoms with Gasteiger partial charge in [0, 0.05) is 11.3 Å². The summed E-state index contributed by atoms with van der Waals surface area (Å²) in [6, 6.07) is 12.0. The standard InChI is InChI=1S/C18H18N2O2/c1-11-7-8-14(12(2)9-11)18-15(10-17(21)22)20-13(3)5-4-6-16(20)19-18/h4-9H,10H2,1-3H3,(H,21,22). The van der Waals surface area contributed by atoms with Crippen molar-refractivity contribution in [3.05, 3.63) is 58.9 Å². The van der Waals surface area contributed by atoms with Gasteiger partial charge in [0.2, 0.25) is 0 Å². The van der Waals surface area contributed by atoms with Crippen LogP contribution in [0.5, 0.6) is 0 Å². The molecule has 0 aliphatic carbocycles. The number of aliphatic carboxylic acids is 1. The molecule has 22 heavy (non-hydrogen) atoms. The highest BCUT2D eigenvalue weighted by Crippen LogP contribution is 2.29. The molecule has 0 amide bonds. The number of imidazole rings is 1. The highest BCUT2D eigenvalue weighted by molar-refractivity contribution is 5.77. The molecule has 0 saturated heterocycles. The normalized spacial score (nSPS) is 11.0. The second-order valence-electron chi connectivity index (χ2n) is 5.66. The Morgan fingerprint density at radius 3 is 2.64 bits per heavy atom. The van der Waals surface area contributed by atoms with Gasteiger partial charge in [0.15, 0.2) is 0 Å². The van der Waals surface area contributed by atoms with E-state index in [0.717, 1.165) is 33.9 Å². The van der Waals surface area contributed by atoms with Crippen molar-refractivity contribution in [3.63, 3.8) is 0 Å². The molecule has 1 aromatic carbocycles. The Morgan fingerprint density at radius 2 is 1.95 bits per heavy atom. The van der Waals surface area contributed by atoms with Crippen molar-refractivity contribution in [2.24, 2.45) is 0 Å². The third-order valence-electron chi connectivity index (χ3n) is 3.89. The zero-order chi connectivity index (χ0) is 15.9. The van der Waals surface area contributed by atoms with Crippen LogP contribution in [0.3, 0.4) is 0 Å². The maximum Gasteiger partial charge on any atom is 0.309 e. The number of carbonyl (C=O) groups is 1. The number of carboxylic acid groups (broad SMARTS) is 1. The lowest BCUT2D eigenvalue weighted by Gasteiger charge is -2.08. The van der Waals surface area contributed by atoms with Gasteiger partial charge in [-0.15, -0.1) is 0 Å². The fourth-order valence-corrected chi connectivity index (χ4v) is 2.93. The van der Waals surface area contributed by atoms with Gasteiger partial charge >= 0.3 is 5.97 Å². The van der Waals surface area contributed by atoms with Crippen LogP contribution in [0.15, 0.2) is 36.4 Å². The number of pyridine rings is 1. The van der Waals surface area contributed by atoms with E-state index in [-0.39, 0.29) is 6.42 Å². The average molecular weight is 294 g/mol. The van der Waals surface area contributed by atoms with Crippen molar-refractivity contribution < 1.29 is 9.90 Å². The molecule has 0 fully saturated rings. The van der Waals surface area contributed by atoms with Crippen LogP contribution in [0.4, 0.5) is 0 Å². The van der Waals surface area contributed by atoms with Gasteiger partial charge < -0.3 is 9.51 Å². The summed E-state index contributed by atoms with van der Waals surface area (Å²) in [6.45, 7) is 6.04. The number of rotatable bonds is 3. The molecule has 3 aromatic rings. The quantitative estimate of drug-likeness (QED) is 0.803. The predicted octanol–water partition coefficient (Wildman–Crippen LogP) is 3.55. The number of carboxylic acids is 1. The fourth-order valence-electron chi connectivity index (χ4n) is 2.93. The van der Waals surface area contributed by atoms with Gasteiger partial charge in [-0.1, -0.05) is 29.8 Å². The number of fused-ring (bicyclic) bond motifs is 1. The average Bonchev–Trinajstić information content (AvgIpc) is 2.78. The molecule has 112 valence electrons. The summed E-state index contributed by atoms with van der Waals surface area (Å²) in [6.07, 6.45) is -0.0470. The third kappa shape index (κ3) is 2.37. The second-order valence-corrected chi connectivity index (χ2v) is 5.66. The van der Waals surface area contributed by atoms with Crippen molar-refractivity contribution in [2.45, 2.75) is 27.2 Å². The minimum Gasteiger partial charge on any atom is -0.481 e. The van der Waals surface area contributed by atoms with Gasteiger partial charge in [-0.2, -0.15) is 0 Å². The number of hydrogen-bond donors (Lipinski definition) is 1. The van der Waals surface area contributed by atoms with Gasteiger partial charge in [0.25, 0.3) is 0 Å². The van der Waals surface area contributed by atoms with Gasteiger partial charge in [-0.05, 0) is 38.5 Å². The highest BCUT2D eigenvalue weighted by Gasteiger charge is 2.18. The van der Waals surface area contributed by atoms with Crippen LogP contribution in [0.2, 0.25) is 0 Å². The molecule has 0 radical (unpaired) electrons. The largest absolute Gasteiger partial charge is 0.481 e. The van der Waals surface area contributed by atoms with E-state index in [4.69, 9.17) is 0 Å². The molecule has 0 spiro atoms. The summed E-state index contributed by atoms with van der Waals surface area (Å²) in [4.78, 5) is 16.0. The van der Waals surface area contributed by atoms with E-state index < -0.39 is 5.97 Å². The molecule has 2 aromatic heterocycles. The van der Waals surface area contributed by atoms with Crippen LogP contribution >= 0.6 is 0 Å². The zero-order valence-corrected chi connectivity index (χ0v) is 12.9. The minimum atomic E-state index is -0.851. The smallest absolute Gasteiger partial charge is 0.309 e. The first-order chi connectivity index (χ1) is 10.5. The fraction of sp³-hybridized carbons (Fsp3) is 0.222. The van der Waals surface area contributed by atoms with Crippen molar-refractivity contribution >= 4 is 11.6 Å². The van der Waals surface area contributed by atoms with Crippen molar-refractivity contribution in [2.75, 3.05) is 0 Å². The molecular weight excluding hydrogens is 276 g/mol. The summed E-state index contributed by atoms with van der Waals surface area (Å²) < 4.78 is 1.93. The lowest BCUT2D eigenvalue weighted by Crippen LogP contribution is -2.06. The molecule has 4 nitrogen and oxygen atoms in total. The van der Waals surface area contributed by atoms with Crippen LogP contribution in [-0.2, 0) is 11.2 Å². The SMILES string of the molecule is Cc1ccc(-c2nc3cccc(C)n3c2CC(=O)O)c(C)c1. The molecule has 0 unspecified atom stereocenters. The van der Waals surface area contributed by atoms with E-state index in [1.54, 1.807) is 0 Å². The zero-order valence-electron chi connectivity index (χ0n) is 12.9. The Balaban J connectivity index is 2.33. The van der Waals surface area contributed by atoms with Crippen molar-refractivity contribution in [1.29, 1.82) is 0 Å². The second kappa shape index (κ2) is 5.30. The van der Waals surface area contributed by atoms with Gasteiger partial charge in [-0.3, -0.25) is 4.79 Å². The first-order valence-electron chi connectivity index (χ1n) is 7.23. The first kappa shape index (κ1) is 14.3. The molecule has 0 saturated carbocycles. The summed E-state index contributed by atoms with van der Waals surface area (Å²) in [5.74, 6) is -0.851.